The third-order valence-electron chi connectivity index (χ3n) is 5.91. The number of rotatable bonds is 3. The number of nitrogens with zero attached hydrogens (tertiary/aromatic N) is 3. The van der Waals surface area contributed by atoms with E-state index in [1.807, 2.05) is 13.8 Å². The summed E-state index contributed by atoms with van der Waals surface area (Å²) in [5.41, 5.74) is 1.18. The highest BCUT2D eigenvalue weighted by molar-refractivity contribution is 5.99. The number of hydrogen-bond acceptors (Lipinski definition) is 6. The lowest BCUT2D eigenvalue weighted by atomic mass is 10.0. The second-order valence-corrected chi connectivity index (χ2v) is 8.66. The number of nitrogens with one attached hydrogen (secondary N) is 1. The molecular formula is C25H32N4O5. The van der Waals surface area contributed by atoms with Gasteiger partial charge in [0.1, 0.15) is 18.1 Å². The molecule has 2 heterocycles. The lowest BCUT2D eigenvalue weighted by Gasteiger charge is -2.36. The van der Waals surface area contributed by atoms with Gasteiger partial charge < -0.3 is 24.6 Å². The Morgan fingerprint density at radius 3 is 2.59 bits per heavy atom. The predicted molar refractivity (Wildman–Crippen MR) is 128 cm³/mol. The van der Waals surface area contributed by atoms with Gasteiger partial charge in [-0.05, 0) is 37.3 Å². The molecule has 9 nitrogen and oxygen atoms in total. The number of aromatic nitrogens is 1. The molecule has 3 amide bonds. The molecule has 34 heavy (non-hydrogen) atoms. The molecule has 1 aromatic heterocycles. The van der Waals surface area contributed by atoms with Crippen molar-refractivity contribution in [3.63, 3.8) is 0 Å². The molecule has 1 aliphatic heterocycles. The topological polar surface area (TPSA) is 101 Å². The maximum atomic E-state index is 13.3. The highest BCUT2D eigenvalue weighted by Gasteiger charge is 2.31. The van der Waals surface area contributed by atoms with Gasteiger partial charge in [-0.15, -0.1) is 0 Å². The van der Waals surface area contributed by atoms with E-state index in [2.05, 4.69) is 10.3 Å². The van der Waals surface area contributed by atoms with Gasteiger partial charge in [-0.2, -0.15) is 0 Å². The molecule has 9 heteroatoms. The molecule has 0 saturated carbocycles. The van der Waals surface area contributed by atoms with Gasteiger partial charge in [0, 0.05) is 52.0 Å². The predicted octanol–water partition coefficient (Wildman–Crippen LogP) is 2.69. The summed E-state index contributed by atoms with van der Waals surface area (Å²) in [5.74, 6) is -0.363. The largest absolute Gasteiger partial charge is 0.491 e. The zero-order valence-corrected chi connectivity index (χ0v) is 20.3. The van der Waals surface area contributed by atoms with Crippen molar-refractivity contribution in [1.82, 2.24) is 14.8 Å². The van der Waals surface area contributed by atoms with Crippen LogP contribution in [-0.2, 0) is 9.53 Å². The minimum Gasteiger partial charge on any atom is -0.491 e. The summed E-state index contributed by atoms with van der Waals surface area (Å²) >= 11 is 0. The fourth-order valence-corrected chi connectivity index (χ4v) is 3.98. The summed E-state index contributed by atoms with van der Waals surface area (Å²) in [6, 6.07) is 9.88. The Balaban J connectivity index is 1.99. The van der Waals surface area contributed by atoms with Crippen molar-refractivity contribution < 1.29 is 23.9 Å². The van der Waals surface area contributed by atoms with Crippen LogP contribution >= 0.6 is 0 Å². The molecule has 1 N–H and O–H groups in total. The quantitative estimate of drug-likeness (QED) is 0.743. The number of pyridine rings is 1. The number of carbonyl (C=O) groups excluding carboxylic acids is 3. The van der Waals surface area contributed by atoms with E-state index < -0.39 is 0 Å². The smallest absolute Gasteiger partial charge is 0.272 e. The van der Waals surface area contributed by atoms with Crippen LogP contribution in [0.25, 0.3) is 0 Å². The zero-order valence-electron chi connectivity index (χ0n) is 20.3. The lowest BCUT2D eigenvalue weighted by molar-refractivity contribution is -0.114. The van der Waals surface area contributed by atoms with Crippen molar-refractivity contribution in [3.8, 4) is 5.75 Å². The van der Waals surface area contributed by atoms with E-state index in [1.54, 1.807) is 66.6 Å². The first-order chi connectivity index (χ1) is 16.2. The number of hydrogen-bond donors (Lipinski definition) is 1. The number of ether oxygens (including phenoxy) is 2. The molecule has 1 aromatic carbocycles. The van der Waals surface area contributed by atoms with E-state index in [1.165, 1.54) is 6.92 Å². The van der Waals surface area contributed by atoms with Crippen molar-refractivity contribution in [1.29, 1.82) is 0 Å². The number of methoxy groups -OCH3 is 1. The number of carbonyl (C=O) groups is 3. The third kappa shape index (κ3) is 5.91. The average Bonchev–Trinajstić information content (AvgIpc) is 2.83. The van der Waals surface area contributed by atoms with E-state index in [0.29, 0.717) is 35.8 Å². The summed E-state index contributed by atoms with van der Waals surface area (Å²) in [6.07, 6.45) is 1.29. The Morgan fingerprint density at radius 1 is 1.18 bits per heavy atom. The van der Waals surface area contributed by atoms with E-state index in [9.17, 15) is 14.4 Å². The second-order valence-electron chi connectivity index (χ2n) is 8.66. The Hall–Kier alpha value is -3.46. The molecule has 0 radical (unpaired) electrons. The van der Waals surface area contributed by atoms with Crippen molar-refractivity contribution >= 4 is 23.4 Å². The van der Waals surface area contributed by atoms with Crippen molar-refractivity contribution in [2.24, 2.45) is 5.92 Å². The Morgan fingerprint density at radius 2 is 1.94 bits per heavy atom. The molecule has 182 valence electrons. The van der Waals surface area contributed by atoms with Crippen LogP contribution in [0.2, 0.25) is 0 Å². The summed E-state index contributed by atoms with van der Waals surface area (Å²) < 4.78 is 11.8. The zero-order chi connectivity index (χ0) is 24.8. The molecule has 0 saturated heterocycles. The summed E-state index contributed by atoms with van der Waals surface area (Å²) in [7, 11) is 3.30. The maximum Gasteiger partial charge on any atom is 0.272 e. The van der Waals surface area contributed by atoms with E-state index >= 15 is 0 Å². The van der Waals surface area contributed by atoms with Crippen LogP contribution in [0.4, 0.5) is 5.69 Å². The minimum atomic E-state index is -0.303. The molecule has 0 unspecified atom stereocenters. The Kier molecular flexibility index (Phi) is 8.22. The highest BCUT2D eigenvalue weighted by Crippen LogP contribution is 2.26. The molecule has 0 fully saturated rings. The first-order valence-corrected chi connectivity index (χ1v) is 11.3. The molecule has 3 atom stereocenters. The molecule has 0 aliphatic carbocycles. The Labute approximate surface area is 200 Å². The summed E-state index contributed by atoms with van der Waals surface area (Å²) in [6.45, 7) is 6.21. The molecule has 3 rings (SSSR count). The van der Waals surface area contributed by atoms with Crippen molar-refractivity contribution in [3.05, 3.63) is 53.9 Å². The van der Waals surface area contributed by atoms with Crippen LogP contribution in [0, 0.1) is 5.92 Å². The number of fused-ring (bicyclic) bond motifs is 1. The van der Waals surface area contributed by atoms with Crippen LogP contribution in [-0.4, -0.2) is 78.5 Å². The summed E-state index contributed by atoms with van der Waals surface area (Å²) in [5, 5.41) is 2.70. The normalized spacial score (nSPS) is 21.6. The van der Waals surface area contributed by atoms with Crippen molar-refractivity contribution in [2.45, 2.75) is 32.9 Å². The van der Waals surface area contributed by atoms with Crippen molar-refractivity contribution in [2.75, 3.05) is 39.2 Å². The minimum absolute atomic E-state index is 0.0695. The van der Waals surface area contributed by atoms with Crippen LogP contribution in [0.3, 0.4) is 0 Å². The lowest BCUT2D eigenvalue weighted by Crippen LogP contribution is -2.48. The standard InChI is InChI=1S/C25H32N4O5/c1-16-13-29(25(32)21-8-6-7-11-26-21)17(2)15-34-22-10-9-19(27-18(3)30)12-20(22)24(31)28(4)14-23(16)33-5/h6-12,16-17,23H,13-15H2,1-5H3,(H,27,30)/t16-,17+,23-/m0/s1. The van der Waals surface area contributed by atoms with Gasteiger partial charge in [-0.25, -0.2) is 0 Å². The van der Waals surface area contributed by atoms with Gasteiger partial charge in [0.25, 0.3) is 11.8 Å². The monoisotopic (exact) mass is 468 g/mol. The summed E-state index contributed by atoms with van der Waals surface area (Å²) in [4.78, 5) is 45.7. The van der Waals surface area contributed by atoms with Crippen LogP contribution < -0.4 is 10.1 Å². The van der Waals surface area contributed by atoms with Gasteiger partial charge in [0.15, 0.2) is 0 Å². The van der Waals surface area contributed by atoms with E-state index in [-0.39, 0.29) is 42.4 Å². The van der Waals surface area contributed by atoms with Crippen LogP contribution in [0.5, 0.6) is 5.75 Å². The van der Waals surface area contributed by atoms with Gasteiger partial charge in [0.2, 0.25) is 5.91 Å². The maximum absolute atomic E-state index is 13.3. The first kappa shape index (κ1) is 25.2. The number of anilines is 1. The highest BCUT2D eigenvalue weighted by atomic mass is 16.5. The fraction of sp³-hybridized carbons (Fsp3) is 0.440. The molecule has 1 aliphatic rings. The third-order valence-corrected chi connectivity index (χ3v) is 5.91. The first-order valence-electron chi connectivity index (χ1n) is 11.3. The van der Waals surface area contributed by atoms with Gasteiger partial charge in [0.05, 0.1) is 17.7 Å². The molecular weight excluding hydrogens is 436 g/mol. The number of benzene rings is 1. The molecule has 2 aromatic rings. The second kappa shape index (κ2) is 11.1. The van der Waals surface area contributed by atoms with Gasteiger partial charge in [-0.3, -0.25) is 19.4 Å². The van der Waals surface area contributed by atoms with Crippen LogP contribution in [0.15, 0.2) is 42.6 Å². The molecule has 0 spiro atoms. The Bertz CT molecular complexity index is 1030. The number of likely N-dealkylation sites (N-methyl/N-ethyl adjacent to an activating group) is 1. The number of amides is 3. The van der Waals surface area contributed by atoms with Gasteiger partial charge in [-0.1, -0.05) is 13.0 Å². The SMILES string of the molecule is CO[C@H]1CN(C)C(=O)c2cc(NC(C)=O)ccc2OC[C@@H](C)N(C(=O)c2ccccn2)C[C@@H]1C. The molecule has 0 bridgehead atoms. The van der Waals surface area contributed by atoms with E-state index in [0.717, 1.165) is 0 Å². The van der Waals surface area contributed by atoms with Gasteiger partial charge >= 0.3 is 0 Å². The van der Waals surface area contributed by atoms with E-state index in [4.69, 9.17) is 9.47 Å². The average molecular weight is 469 g/mol. The van der Waals surface area contributed by atoms with Crippen LogP contribution in [0.1, 0.15) is 41.6 Å². The fourth-order valence-electron chi connectivity index (χ4n) is 3.98.